The molecule has 84 valence electrons. The normalized spacial score (nSPS) is 35.9. The average Bonchev–Trinajstić information content (AvgIpc) is 2.74. The van der Waals surface area contributed by atoms with Gasteiger partial charge in [0.25, 0.3) is 0 Å². The number of H-pyrrole nitrogens is 1. The van der Waals surface area contributed by atoms with Crippen molar-refractivity contribution in [3.8, 4) is 5.88 Å². The van der Waals surface area contributed by atoms with Crippen LogP contribution in [0.1, 0.15) is 11.9 Å². The van der Waals surface area contributed by atoms with Crippen molar-refractivity contribution >= 4 is 0 Å². The van der Waals surface area contributed by atoms with Gasteiger partial charge in [0.1, 0.15) is 30.2 Å². The number of aliphatic hydroxyl groups is 3. The third-order valence-electron chi connectivity index (χ3n) is 2.39. The van der Waals surface area contributed by atoms with E-state index in [1.807, 2.05) is 0 Å². The summed E-state index contributed by atoms with van der Waals surface area (Å²) in [4.78, 5) is 6.25. The molecule has 0 bridgehead atoms. The molecule has 1 aliphatic rings. The van der Waals surface area contributed by atoms with E-state index in [0.717, 1.165) is 0 Å². The second-order valence-electron chi connectivity index (χ2n) is 3.41. The highest BCUT2D eigenvalue weighted by atomic mass is 16.6. The van der Waals surface area contributed by atoms with Crippen molar-refractivity contribution in [2.75, 3.05) is 6.61 Å². The van der Waals surface area contributed by atoms with Crippen LogP contribution in [0.25, 0.3) is 0 Å². The molecule has 0 amide bonds. The molecule has 0 aliphatic carbocycles. The number of hydrogen-bond acceptors (Lipinski definition) is 6. The highest BCUT2D eigenvalue weighted by molar-refractivity contribution is 5.10. The number of nitrogens with zero attached hydrogens (tertiary/aromatic N) is 1. The minimum atomic E-state index is -1.17. The van der Waals surface area contributed by atoms with Gasteiger partial charge in [0, 0.05) is 0 Å². The molecule has 1 aliphatic heterocycles. The van der Waals surface area contributed by atoms with Crippen LogP contribution in [0.5, 0.6) is 5.88 Å². The van der Waals surface area contributed by atoms with Gasteiger partial charge in [0.05, 0.1) is 12.8 Å². The molecule has 1 fully saturated rings. The molecule has 0 unspecified atom stereocenters. The van der Waals surface area contributed by atoms with E-state index in [9.17, 15) is 10.2 Å². The molecule has 7 nitrogen and oxygen atoms in total. The molecule has 1 aromatic rings. The first-order valence-corrected chi connectivity index (χ1v) is 4.50. The number of imidazole rings is 1. The fraction of sp³-hybridized carbons (Fsp3) is 0.625. The topological polar surface area (TPSA) is 119 Å². The van der Waals surface area contributed by atoms with Crippen LogP contribution in [0.4, 0.5) is 0 Å². The van der Waals surface area contributed by atoms with E-state index in [4.69, 9.17) is 14.9 Å². The molecule has 1 saturated heterocycles. The predicted molar refractivity (Wildman–Crippen MR) is 47.0 cm³/mol. The van der Waals surface area contributed by atoms with Crippen LogP contribution in [-0.2, 0) is 4.74 Å². The molecule has 5 N–H and O–H groups in total. The van der Waals surface area contributed by atoms with Crippen LogP contribution in [0.15, 0.2) is 6.20 Å². The van der Waals surface area contributed by atoms with Crippen molar-refractivity contribution in [2.24, 2.45) is 0 Å². The van der Waals surface area contributed by atoms with E-state index in [0.29, 0.717) is 0 Å². The molecule has 15 heavy (non-hydrogen) atoms. The third-order valence-corrected chi connectivity index (χ3v) is 2.39. The number of aliphatic hydroxyl groups excluding tert-OH is 3. The van der Waals surface area contributed by atoms with E-state index in [-0.39, 0.29) is 18.3 Å². The average molecular weight is 216 g/mol. The molecule has 0 spiro atoms. The standard InChI is InChI=1S/C8H12N2O5/c11-2-3-5(13)6(14)7(15-3)8-9-1-4(12)10-8/h1,3,5-7,11-14H,2H2,(H,9,10)/t3-,5-,6-,7-/m0/s1. The number of hydrogen-bond donors (Lipinski definition) is 5. The molecule has 0 saturated carbocycles. The maximum atomic E-state index is 9.59. The smallest absolute Gasteiger partial charge is 0.208 e. The number of aromatic hydroxyl groups is 1. The van der Waals surface area contributed by atoms with Crippen LogP contribution in [-0.4, -0.2) is 55.3 Å². The fourth-order valence-electron chi connectivity index (χ4n) is 1.60. The van der Waals surface area contributed by atoms with E-state index in [1.165, 1.54) is 6.20 Å². The molecular weight excluding hydrogens is 204 g/mol. The Balaban J connectivity index is 2.18. The van der Waals surface area contributed by atoms with E-state index in [1.54, 1.807) is 0 Å². The summed E-state index contributed by atoms with van der Waals surface area (Å²) >= 11 is 0. The quantitative estimate of drug-likeness (QED) is 0.401. The van der Waals surface area contributed by atoms with Crippen LogP contribution in [0.3, 0.4) is 0 Å². The van der Waals surface area contributed by atoms with Gasteiger partial charge in [-0.25, -0.2) is 4.98 Å². The van der Waals surface area contributed by atoms with Crippen LogP contribution in [0.2, 0.25) is 0 Å². The lowest BCUT2D eigenvalue weighted by molar-refractivity contribution is -0.0251. The minimum Gasteiger partial charge on any atom is -0.493 e. The second kappa shape index (κ2) is 3.78. The van der Waals surface area contributed by atoms with Crippen molar-refractivity contribution in [3.05, 3.63) is 12.0 Å². The van der Waals surface area contributed by atoms with Gasteiger partial charge in [-0.05, 0) is 0 Å². The maximum Gasteiger partial charge on any atom is 0.208 e. The Morgan fingerprint density at radius 3 is 2.60 bits per heavy atom. The summed E-state index contributed by atoms with van der Waals surface area (Å²) in [5, 5.41) is 36.9. The Kier molecular flexibility index (Phi) is 2.61. The SMILES string of the molecule is OC[C@@H]1O[C@H](c2ncc(O)[nH]2)[C@@H](O)[C@H]1O. The summed E-state index contributed by atoms with van der Waals surface area (Å²) < 4.78 is 5.18. The molecular formula is C8H12N2O5. The zero-order valence-corrected chi connectivity index (χ0v) is 7.74. The number of aromatic nitrogens is 2. The van der Waals surface area contributed by atoms with Gasteiger partial charge in [-0.2, -0.15) is 0 Å². The van der Waals surface area contributed by atoms with Crippen molar-refractivity contribution in [2.45, 2.75) is 24.4 Å². The lowest BCUT2D eigenvalue weighted by atomic mass is 10.1. The van der Waals surface area contributed by atoms with Crippen molar-refractivity contribution in [1.82, 2.24) is 9.97 Å². The summed E-state index contributed by atoms with van der Waals surface area (Å²) in [6.45, 7) is -0.387. The molecule has 4 atom stereocenters. The number of ether oxygens (including phenoxy) is 1. The first-order valence-electron chi connectivity index (χ1n) is 4.50. The Bertz CT molecular complexity index is 342. The van der Waals surface area contributed by atoms with Crippen molar-refractivity contribution in [1.29, 1.82) is 0 Å². The molecule has 7 heteroatoms. The Hall–Kier alpha value is -1.15. The molecule has 2 heterocycles. The lowest BCUT2D eigenvalue weighted by Crippen LogP contribution is -2.32. The van der Waals surface area contributed by atoms with Gasteiger partial charge in [0.15, 0.2) is 0 Å². The Morgan fingerprint density at radius 1 is 1.40 bits per heavy atom. The Morgan fingerprint density at radius 2 is 2.13 bits per heavy atom. The number of aromatic amines is 1. The summed E-state index contributed by atoms with van der Waals surface area (Å²) in [7, 11) is 0. The number of nitrogens with one attached hydrogen (secondary N) is 1. The predicted octanol–water partition coefficient (Wildman–Crippen LogP) is -1.73. The minimum absolute atomic E-state index is 0.150. The Labute approximate surface area is 85.0 Å². The van der Waals surface area contributed by atoms with Gasteiger partial charge in [-0.1, -0.05) is 0 Å². The van der Waals surface area contributed by atoms with Gasteiger partial charge in [0.2, 0.25) is 5.88 Å². The van der Waals surface area contributed by atoms with E-state index >= 15 is 0 Å². The fourth-order valence-corrected chi connectivity index (χ4v) is 1.60. The van der Waals surface area contributed by atoms with Gasteiger partial charge in [-0.3, -0.25) is 0 Å². The van der Waals surface area contributed by atoms with Crippen LogP contribution >= 0.6 is 0 Å². The number of rotatable bonds is 2. The largest absolute Gasteiger partial charge is 0.493 e. The first-order chi connectivity index (χ1) is 7.13. The zero-order valence-electron chi connectivity index (χ0n) is 7.74. The summed E-state index contributed by atoms with van der Waals surface area (Å²) in [5.41, 5.74) is 0. The zero-order chi connectivity index (χ0) is 11.0. The summed E-state index contributed by atoms with van der Waals surface area (Å²) in [6, 6.07) is 0. The summed E-state index contributed by atoms with van der Waals surface area (Å²) in [5.74, 6) is 0.0674. The third kappa shape index (κ3) is 1.70. The van der Waals surface area contributed by atoms with Crippen molar-refractivity contribution < 1.29 is 25.2 Å². The van der Waals surface area contributed by atoms with E-state index < -0.39 is 24.4 Å². The maximum absolute atomic E-state index is 9.59. The van der Waals surface area contributed by atoms with Crippen LogP contribution in [0, 0.1) is 0 Å². The van der Waals surface area contributed by atoms with Gasteiger partial charge in [-0.15, -0.1) is 0 Å². The first kappa shape index (κ1) is 10.4. The molecule has 2 rings (SSSR count). The molecule has 0 aromatic carbocycles. The second-order valence-corrected chi connectivity index (χ2v) is 3.41. The van der Waals surface area contributed by atoms with Gasteiger partial charge >= 0.3 is 0 Å². The monoisotopic (exact) mass is 216 g/mol. The lowest BCUT2D eigenvalue weighted by Gasteiger charge is -2.11. The van der Waals surface area contributed by atoms with E-state index in [2.05, 4.69) is 9.97 Å². The van der Waals surface area contributed by atoms with Crippen LogP contribution < -0.4 is 0 Å². The molecule has 1 aromatic heterocycles. The highest BCUT2D eigenvalue weighted by Gasteiger charge is 2.44. The van der Waals surface area contributed by atoms with Gasteiger partial charge < -0.3 is 30.1 Å². The summed E-state index contributed by atoms with van der Waals surface area (Å²) in [6.07, 6.45) is -2.86. The van der Waals surface area contributed by atoms with Crippen molar-refractivity contribution in [3.63, 3.8) is 0 Å². The molecule has 0 radical (unpaired) electrons. The highest BCUT2D eigenvalue weighted by Crippen LogP contribution is 2.32.